The molecule has 0 saturated heterocycles. The molecule has 0 radical (unpaired) electrons. The fourth-order valence-electron chi connectivity index (χ4n) is 3.70. The Morgan fingerprint density at radius 3 is 2.78 bits per heavy atom. The maximum Gasteiger partial charge on any atom is 0.213 e. The number of hydrogen-bond acceptors (Lipinski definition) is 4. The van der Waals surface area contributed by atoms with Gasteiger partial charge in [-0.25, -0.2) is 13.1 Å². The Morgan fingerprint density at radius 2 is 2.17 bits per heavy atom. The average Bonchev–Trinajstić information content (AvgIpc) is 2.96. The van der Waals surface area contributed by atoms with Gasteiger partial charge in [0.25, 0.3) is 0 Å². The van der Waals surface area contributed by atoms with Gasteiger partial charge < -0.3 is 5.11 Å². The number of aliphatic hydroxyl groups is 1. The van der Waals surface area contributed by atoms with Crippen LogP contribution in [0.2, 0.25) is 0 Å². The molecule has 1 aliphatic carbocycles. The second-order valence-electron chi connectivity index (χ2n) is 7.25. The summed E-state index contributed by atoms with van der Waals surface area (Å²) in [6, 6.07) is 1.76. The molecule has 132 valence electrons. The maximum atomic E-state index is 12.2. The maximum absolute atomic E-state index is 12.2. The molecule has 0 aromatic carbocycles. The summed E-state index contributed by atoms with van der Waals surface area (Å²) >= 11 is 0. The van der Waals surface area contributed by atoms with E-state index in [2.05, 4.69) is 30.6 Å². The van der Waals surface area contributed by atoms with Gasteiger partial charge in [0.2, 0.25) is 10.0 Å². The highest BCUT2D eigenvalue weighted by Gasteiger charge is 2.43. The van der Waals surface area contributed by atoms with Gasteiger partial charge in [-0.3, -0.25) is 4.68 Å². The predicted molar refractivity (Wildman–Crippen MR) is 90.3 cm³/mol. The number of aromatic nitrogens is 2. The van der Waals surface area contributed by atoms with Crippen LogP contribution in [-0.4, -0.2) is 41.2 Å². The van der Waals surface area contributed by atoms with Crippen molar-refractivity contribution in [2.75, 3.05) is 12.3 Å². The first kappa shape index (κ1) is 18.4. The van der Waals surface area contributed by atoms with Crippen molar-refractivity contribution in [2.24, 2.45) is 17.8 Å². The van der Waals surface area contributed by atoms with Crippen LogP contribution in [0.5, 0.6) is 0 Å². The van der Waals surface area contributed by atoms with E-state index >= 15 is 0 Å². The molecule has 0 spiro atoms. The fraction of sp³-hybridized carbons (Fsp3) is 0.812. The molecule has 1 fully saturated rings. The van der Waals surface area contributed by atoms with E-state index in [4.69, 9.17) is 0 Å². The first-order valence-electron chi connectivity index (χ1n) is 8.39. The number of nitrogens with zero attached hydrogens (tertiary/aromatic N) is 2. The van der Waals surface area contributed by atoms with Gasteiger partial charge in [-0.1, -0.05) is 27.2 Å². The second-order valence-corrected chi connectivity index (χ2v) is 9.18. The summed E-state index contributed by atoms with van der Waals surface area (Å²) in [6.07, 6.45) is 6.05. The highest BCUT2D eigenvalue weighted by Crippen LogP contribution is 2.40. The standard InChI is InChI=1S/C16H29N3O3S/c1-13(2)15-6-5-14(3)11-16(15,20)12-18-23(21,22)10-9-19-8-4-7-17-19/h4,7-8,13-15,18,20H,5-6,9-12H2,1-3H3/t14-,15+,16+/m1/s1. The van der Waals surface area contributed by atoms with Crippen LogP contribution in [0.3, 0.4) is 0 Å². The summed E-state index contributed by atoms with van der Waals surface area (Å²) in [7, 11) is -3.43. The van der Waals surface area contributed by atoms with Crippen molar-refractivity contribution in [3.05, 3.63) is 18.5 Å². The number of rotatable bonds is 7. The Balaban J connectivity index is 1.95. The molecule has 0 amide bonds. The van der Waals surface area contributed by atoms with Gasteiger partial charge in [0.1, 0.15) is 0 Å². The minimum absolute atomic E-state index is 0.0351. The zero-order chi connectivity index (χ0) is 17.1. The van der Waals surface area contributed by atoms with Gasteiger partial charge in [0, 0.05) is 18.9 Å². The number of hydrogen-bond donors (Lipinski definition) is 2. The number of nitrogens with one attached hydrogen (secondary N) is 1. The lowest BCUT2D eigenvalue weighted by atomic mass is 9.67. The van der Waals surface area contributed by atoms with E-state index in [1.54, 1.807) is 23.1 Å². The van der Waals surface area contributed by atoms with Crippen LogP contribution < -0.4 is 4.72 Å². The van der Waals surface area contributed by atoms with Gasteiger partial charge in [0.15, 0.2) is 0 Å². The molecule has 0 unspecified atom stereocenters. The van der Waals surface area contributed by atoms with Crippen LogP contribution in [-0.2, 0) is 16.6 Å². The van der Waals surface area contributed by atoms with E-state index in [-0.39, 0.29) is 18.2 Å². The minimum atomic E-state index is -3.43. The SMILES string of the molecule is CC(C)[C@@H]1CC[C@@H](C)C[C@]1(O)CNS(=O)(=O)CCn1cccn1. The van der Waals surface area contributed by atoms with Crippen molar-refractivity contribution in [2.45, 2.75) is 52.2 Å². The summed E-state index contributed by atoms with van der Waals surface area (Å²) in [4.78, 5) is 0. The molecular formula is C16H29N3O3S. The number of sulfonamides is 1. The van der Waals surface area contributed by atoms with Crippen molar-refractivity contribution < 1.29 is 13.5 Å². The summed E-state index contributed by atoms with van der Waals surface area (Å²) in [6.45, 7) is 6.72. The van der Waals surface area contributed by atoms with Crippen molar-refractivity contribution >= 4 is 10.0 Å². The third-order valence-corrected chi connectivity index (χ3v) is 6.22. The lowest BCUT2D eigenvalue weighted by molar-refractivity contribution is -0.0748. The van der Waals surface area contributed by atoms with E-state index in [0.717, 1.165) is 12.8 Å². The van der Waals surface area contributed by atoms with Crippen LogP contribution in [0.25, 0.3) is 0 Å². The summed E-state index contributed by atoms with van der Waals surface area (Å²) in [5.74, 6) is 0.851. The van der Waals surface area contributed by atoms with Gasteiger partial charge >= 0.3 is 0 Å². The van der Waals surface area contributed by atoms with E-state index in [9.17, 15) is 13.5 Å². The first-order valence-corrected chi connectivity index (χ1v) is 10.0. The van der Waals surface area contributed by atoms with Crippen LogP contribution in [0.15, 0.2) is 18.5 Å². The number of aryl methyl sites for hydroxylation is 1. The largest absolute Gasteiger partial charge is 0.388 e. The van der Waals surface area contributed by atoms with Gasteiger partial charge in [-0.15, -0.1) is 0 Å². The molecule has 1 heterocycles. The molecule has 0 aliphatic heterocycles. The van der Waals surface area contributed by atoms with Crippen LogP contribution in [0, 0.1) is 17.8 Å². The van der Waals surface area contributed by atoms with E-state index in [1.165, 1.54) is 0 Å². The van der Waals surface area contributed by atoms with Crippen molar-refractivity contribution in [3.8, 4) is 0 Å². The smallest absolute Gasteiger partial charge is 0.213 e. The summed E-state index contributed by atoms with van der Waals surface area (Å²) < 4.78 is 28.6. The second kappa shape index (κ2) is 7.32. The molecule has 3 atom stereocenters. The minimum Gasteiger partial charge on any atom is -0.388 e. The van der Waals surface area contributed by atoms with Crippen molar-refractivity contribution in [1.82, 2.24) is 14.5 Å². The summed E-state index contributed by atoms with van der Waals surface area (Å²) in [5, 5.41) is 15.0. The molecule has 1 aliphatic rings. The molecular weight excluding hydrogens is 314 g/mol. The predicted octanol–water partition coefficient (Wildman–Crippen LogP) is 1.63. The Labute approximate surface area is 139 Å². The molecule has 6 nitrogen and oxygen atoms in total. The van der Waals surface area contributed by atoms with Gasteiger partial charge in [0.05, 0.1) is 17.9 Å². The quantitative estimate of drug-likeness (QED) is 0.788. The molecule has 2 N–H and O–H groups in total. The van der Waals surface area contributed by atoms with Crippen molar-refractivity contribution in [1.29, 1.82) is 0 Å². The lowest BCUT2D eigenvalue weighted by Gasteiger charge is -2.44. The molecule has 2 rings (SSSR count). The topological polar surface area (TPSA) is 84.2 Å². The van der Waals surface area contributed by atoms with E-state index in [1.807, 2.05) is 0 Å². The third-order valence-electron chi connectivity index (χ3n) is 4.91. The first-order chi connectivity index (χ1) is 10.7. The molecule has 7 heteroatoms. The molecule has 0 bridgehead atoms. The zero-order valence-corrected chi connectivity index (χ0v) is 15.1. The molecule has 1 aromatic heterocycles. The zero-order valence-electron chi connectivity index (χ0n) is 14.3. The Hall–Kier alpha value is -0.920. The van der Waals surface area contributed by atoms with Crippen LogP contribution in [0.4, 0.5) is 0 Å². The van der Waals surface area contributed by atoms with Gasteiger partial charge in [-0.2, -0.15) is 5.10 Å². The monoisotopic (exact) mass is 343 g/mol. The average molecular weight is 343 g/mol. The molecule has 1 saturated carbocycles. The fourth-order valence-corrected chi connectivity index (χ4v) is 4.74. The molecule has 23 heavy (non-hydrogen) atoms. The Kier molecular flexibility index (Phi) is 5.86. The summed E-state index contributed by atoms with van der Waals surface area (Å²) in [5.41, 5.74) is -0.954. The highest BCUT2D eigenvalue weighted by atomic mass is 32.2. The van der Waals surface area contributed by atoms with Crippen LogP contribution >= 0.6 is 0 Å². The highest BCUT2D eigenvalue weighted by molar-refractivity contribution is 7.89. The van der Waals surface area contributed by atoms with Crippen molar-refractivity contribution in [3.63, 3.8) is 0 Å². The van der Waals surface area contributed by atoms with Crippen LogP contribution in [0.1, 0.15) is 40.0 Å². The van der Waals surface area contributed by atoms with Gasteiger partial charge in [-0.05, 0) is 36.7 Å². The molecule has 1 aromatic rings. The normalized spacial score (nSPS) is 29.1. The lowest BCUT2D eigenvalue weighted by Crippen LogP contribution is -2.53. The van der Waals surface area contributed by atoms with E-state index < -0.39 is 15.6 Å². The third kappa shape index (κ3) is 5.02. The van der Waals surface area contributed by atoms with E-state index in [0.29, 0.717) is 24.8 Å². The Morgan fingerprint density at radius 1 is 1.43 bits per heavy atom. The Bertz CT molecular complexity index is 586.